The van der Waals surface area contributed by atoms with E-state index < -0.39 is 10.0 Å². The maximum absolute atomic E-state index is 13.7. The van der Waals surface area contributed by atoms with Gasteiger partial charge in [0.1, 0.15) is 5.75 Å². The van der Waals surface area contributed by atoms with E-state index in [-0.39, 0.29) is 23.3 Å². The molecule has 1 atom stereocenters. The number of sulfonamides is 1. The number of methoxy groups -OCH3 is 3. The highest BCUT2D eigenvalue weighted by atomic mass is 32.2. The average Bonchev–Trinajstić information content (AvgIpc) is 2.94. The molecule has 2 aliphatic heterocycles. The molecule has 2 aromatic carbocycles. The van der Waals surface area contributed by atoms with Gasteiger partial charge in [0.05, 0.1) is 31.9 Å². The molecule has 2 aliphatic rings. The number of amides is 1. The number of nitrogens with zero attached hydrogens (tertiary/aromatic N) is 3. The van der Waals surface area contributed by atoms with E-state index in [1.54, 1.807) is 39.5 Å². The number of anilines is 1. The van der Waals surface area contributed by atoms with E-state index in [9.17, 15) is 13.2 Å². The molecule has 0 radical (unpaired) electrons. The van der Waals surface area contributed by atoms with Crippen molar-refractivity contribution in [2.45, 2.75) is 38.1 Å². The maximum Gasteiger partial charge on any atom is 0.243 e. The highest BCUT2D eigenvalue weighted by Gasteiger charge is 2.31. The Morgan fingerprint density at radius 1 is 0.892 bits per heavy atom. The van der Waals surface area contributed by atoms with Gasteiger partial charge in [-0.2, -0.15) is 4.31 Å². The van der Waals surface area contributed by atoms with Crippen LogP contribution in [0.25, 0.3) is 0 Å². The van der Waals surface area contributed by atoms with Gasteiger partial charge in [0.2, 0.25) is 15.9 Å². The van der Waals surface area contributed by atoms with E-state index in [1.807, 2.05) is 30.9 Å². The van der Waals surface area contributed by atoms with E-state index in [1.165, 1.54) is 4.31 Å². The van der Waals surface area contributed by atoms with Crippen LogP contribution >= 0.6 is 0 Å². The molecule has 0 N–H and O–H groups in total. The third-order valence-electron chi connectivity index (χ3n) is 7.44. The molecule has 37 heavy (non-hydrogen) atoms. The van der Waals surface area contributed by atoms with Crippen molar-refractivity contribution in [2.24, 2.45) is 5.92 Å². The number of carbonyl (C=O) groups excluding carboxylic acids is 1. The van der Waals surface area contributed by atoms with Gasteiger partial charge < -0.3 is 24.0 Å². The van der Waals surface area contributed by atoms with Gasteiger partial charge in [-0.15, -0.1) is 0 Å². The first-order valence-electron chi connectivity index (χ1n) is 12.7. The van der Waals surface area contributed by atoms with Crippen molar-refractivity contribution < 1.29 is 27.4 Å². The van der Waals surface area contributed by atoms with E-state index in [2.05, 4.69) is 4.90 Å². The van der Waals surface area contributed by atoms with Gasteiger partial charge in [-0.1, -0.05) is 13.8 Å². The lowest BCUT2D eigenvalue weighted by Crippen LogP contribution is -2.50. The van der Waals surface area contributed by atoms with Gasteiger partial charge in [-0.05, 0) is 54.3 Å². The Morgan fingerprint density at radius 3 is 2.11 bits per heavy atom. The molecule has 2 heterocycles. The summed E-state index contributed by atoms with van der Waals surface area (Å²) in [5, 5.41) is 0. The van der Waals surface area contributed by atoms with Crippen LogP contribution in [-0.2, 0) is 27.8 Å². The van der Waals surface area contributed by atoms with Gasteiger partial charge in [0.25, 0.3) is 0 Å². The maximum atomic E-state index is 13.7. The van der Waals surface area contributed by atoms with Gasteiger partial charge in [0.15, 0.2) is 11.5 Å². The Hall–Kier alpha value is -2.98. The van der Waals surface area contributed by atoms with Crippen LogP contribution in [0.3, 0.4) is 0 Å². The van der Waals surface area contributed by atoms with Crippen molar-refractivity contribution >= 4 is 21.6 Å². The molecule has 0 aliphatic carbocycles. The van der Waals surface area contributed by atoms with Crippen LogP contribution in [0.4, 0.5) is 5.69 Å². The van der Waals surface area contributed by atoms with E-state index >= 15 is 0 Å². The number of ether oxygens (including phenoxy) is 3. The fourth-order valence-electron chi connectivity index (χ4n) is 4.94. The zero-order chi connectivity index (χ0) is 26.7. The molecule has 1 fully saturated rings. The van der Waals surface area contributed by atoms with Crippen molar-refractivity contribution in [1.82, 2.24) is 9.21 Å². The SMILES string of the molecule is CC[C@@H](C)C(=O)N1CCN(c2cc(S(=O)(=O)N3CCc4cc(OC)c(OC)cc4C3)ccc2OC)CC1. The largest absolute Gasteiger partial charge is 0.495 e. The summed E-state index contributed by atoms with van der Waals surface area (Å²) in [6, 6.07) is 8.80. The Kier molecular flexibility index (Phi) is 8.18. The smallest absolute Gasteiger partial charge is 0.243 e. The molecule has 0 aromatic heterocycles. The summed E-state index contributed by atoms with van der Waals surface area (Å²) in [7, 11) is 0.994. The quantitative estimate of drug-likeness (QED) is 0.517. The molecule has 0 saturated carbocycles. The third-order valence-corrected chi connectivity index (χ3v) is 9.28. The molecular weight excluding hydrogens is 494 g/mol. The lowest BCUT2D eigenvalue weighted by atomic mass is 10.0. The number of rotatable bonds is 8. The lowest BCUT2D eigenvalue weighted by Gasteiger charge is -2.37. The summed E-state index contributed by atoms with van der Waals surface area (Å²) in [4.78, 5) is 16.8. The Labute approximate surface area is 219 Å². The molecule has 0 spiro atoms. The molecule has 9 nitrogen and oxygen atoms in total. The minimum atomic E-state index is -3.75. The summed E-state index contributed by atoms with van der Waals surface area (Å²) in [6.45, 7) is 7.02. The zero-order valence-electron chi connectivity index (χ0n) is 22.3. The highest BCUT2D eigenvalue weighted by molar-refractivity contribution is 7.89. The minimum Gasteiger partial charge on any atom is -0.495 e. The van der Waals surface area contributed by atoms with Crippen LogP contribution in [-0.4, -0.2) is 77.6 Å². The first kappa shape index (κ1) is 27.1. The third kappa shape index (κ3) is 5.36. The normalized spacial score (nSPS) is 17.2. The standard InChI is InChI=1S/C27H37N3O6S/c1-6-19(2)27(31)29-13-11-28(12-14-29)23-17-22(7-8-24(23)34-3)37(32,33)30-10-9-20-15-25(35-4)26(36-5)16-21(20)18-30/h7-8,15-17,19H,6,9-14,18H2,1-5H3/t19-/m1/s1. The summed E-state index contributed by atoms with van der Waals surface area (Å²) >= 11 is 0. The second-order valence-electron chi connectivity index (χ2n) is 9.52. The Bertz CT molecular complexity index is 1240. The van der Waals surface area contributed by atoms with Gasteiger partial charge in [0, 0.05) is 45.2 Å². The first-order valence-corrected chi connectivity index (χ1v) is 14.1. The Morgan fingerprint density at radius 2 is 1.51 bits per heavy atom. The number of carbonyl (C=O) groups is 1. The van der Waals surface area contributed by atoms with Crippen molar-refractivity contribution in [3.05, 3.63) is 41.5 Å². The molecule has 0 bridgehead atoms. The van der Waals surface area contributed by atoms with Crippen LogP contribution in [0.5, 0.6) is 17.2 Å². The summed E-state index contributed by atoms with van der Waals surface area (Å²) in [6.07, 6.45) is 1.40. The minimum absolute atomic E-state index is 0.00489. The fraction of sp³-hybridized carbons (Fsp3) is 0.519. The van der Waals surface area contributed by atoms with Gasteiger partial charge >= 0.3 is 0 Å². The molecular formula is C27H37N3O6S. The number of hydrogen-bond donors (Lipinski definition) is 0. The molecule has 10 heteroatoms. The number of benzene rings is 2. The van der Waals surface area contributed by atoms with Crippen LogP contribution in [0.1, 0.15) is 31.4 Å². The van der Waals surface area contributed by atoms with E-state index in [0.29, 0.717) is 56.4 Å². The summed E-state index contributed by atoms with van der Waals surface area (Å²) in [5.41, 5.74) is 2.69. The van der Waals surface area contributed by atoms with Crippen LogP contribution in [0.15, 0.2) is 35.2 Å². The second kappa shape index (κ2) is 11.2. The molecule has 202 valence electrons. The van der Waals surface area contributed by atoms with Crippen LogP contribution in [0, 0.1) is 5.92 Å². The van der Waals surface area contributed by atoms with Crippen molar-refractivity contribution in [3.8, 4) is 17.2 Å². The van der Waals surface area contributed by atoms with Crippen molar-refractivity contribution in [1.29, 1.82) is 0 Å². The molecule has 1 saturated heterocycles. The van der Waals surface area contributed by atoms with Crippen molar-refractivity contribution in [2.75, 3.05) is 59.0 Å². The summed E-state index contributed by atoms with van der Waals surface area (Å²) < 4.78 is 45.3. The summed E-state index contributed by atoms with van der Waals surface area (Å²) in [5.74, 6) is 2.01. The highest BCUT2D eigenvalue weighted by Crippen LogP contribution is 2.36. The van der Waals surface area contributed by atoms with E-state index in [4.69, 9.17) is 14.2 Å². The predicted octanol–water partition coefficient (Wildman–Crippen LogP) is 3.15. The van der Waals surface area contributed by atoms with Gasteiger partial charge in [-0.25, -0.2) is 8.42 Å². The van der Waals surface area contributed by atoms with Crippen LogP contribution in [0.2, 0.25) is 0 Å². The number of hydrogen-bond acceptors (Lipinski definition) is 7. The zero-order valence-corrected chi connectivity index (χ0v) is 23.1. The second-order valence-corrected chi connectivity index (χ2v) is 11.5. The Balaban J connectivity index is 1.56. The topological polar surface area (TPSA) is 88.6 Å². The predicted molar refractivity (Wildman–Crippen MR) is 142 cm³/mol. The molecule has 1 amide bonds. The fourth-order valence-corrected chi connectivity index (χ4v) is 6.38. The molecule has 0 unspecified atom stereocenters. The van der Waals surface area contributed by atoms with Crippen molar-refractivity contribution in [3.63, 3.8) is 0 Å². The number of fused-ring (bicyclic) bond motifs is 1. The first-order chi connectivity index (χ1) is 17.7. The average molecular weight is 532 g/mol. The molecule has 4 rings (SSSR count). The lowest BCUT2D eigenvalue weighted by molar-refractivity contribution is -0.135. The van der Waals surface area contributed by atoms with Gasteiger partial charge in [-0.3, -0.25) is 4.79 Å². The molecule has 2 aromatic rings. The van der Waals surface area contributed by atoms with E-state index in [0.717, 1.165) is 23.2 Å². The monoisotopic (exact) mass is 531 g/mol. The van der Waals surface area contributed by atoms with Crippen LogP contribution < -0.4 is 19.1 Å². The number of piperazine rings is 1.